The van der Waals surface area contributed by atoms with Crippen molar-refractivity contribution in [2.75, 3.05) is 4.31 Å². The van der Waals surface area contributed by atoms with E-state index in [2.05, 4.69) is 4.98 Å². The van der Waals surface area contributed by atoms with E-state index in [1.807, 2.05) is 19.1 Å². The summed E-state index contributed by atoms with van der Waals surface area (Å²) < 4.78 is 28.9. The number of anilines is 1. The van der Waals surface area contributed by atoms with Gasteiger partial charge in [-0.2, -0.15) is 4.31 Å². The third kappa shape index (κ3) is 5.55. The Morgan fingerprint density at radius 1 is 0.795 bits per heavy atom. The third-order valence-corrected chi connectivity index (χ3v) is 8.07. The molecule has 0 aliphatic carbocycles. The number of aliphatic carboxylic acids is 1. The topological polar surface area (TPSA) is 105 Å². The van der Waals surface area contributed by atoms with Crippen molar-refractivity contribution in [1.29, 1.82) is 0 Å². The number of benzene rings is 4. The van der Waals surface area contributed by atoms with E-state index in [1.54, 1.807) is 60.7 Å². The Labute approximate surface area is 236 Å². The van der Waals surface area contributed by atoms with Crippen molar-refractivity contribution in [2.45, 2.75) is 24.7 Å². The number of amides is 1. The van der Waals surface area contributed by atoms with Gasteiger partial charge in [0.2, 0.25) is 0 Å². The quantitative estimate of drug-likeness (QED) is 0.218. The molecule has 1 N–H and O–H groups in total. The molecule has 0 spiro atoms. The fraction of sp³-hybridized carbons (Fsp3) is 0.100. The normalized spacial score (nSPS) is 11.2. The van der Waals surface area contributed by atoms with Crippen molar-refractivity contribution >= 4 is 66.4 Å². The number of rotatable bonds is 7. The molecule has 1 heterocycles. The number of carboxylic acids is 1. The first-order chi connectivity index (χ1) is 18.3. The molecule has 0 saturated heterocycles. The number of carbonyl (C=O) groups excluding carboxylic acids is 1. The Kier molecular flexibility index (Phi) is 8.13. The molecular weight excluding hydrogens is 580 g/mol. The average Bonchev–Trinajstić information content (AvgIpc) is 2.91. The van der Waals surface area contributed by atoms with Gasteiger partial charge in [0.1, 0.15) is 0 Å². The molecule has 0 saturated carbocycles. The van der Waals surface area contributed by atoms with Gasteiger partial charge >= 0.3 is 5.97 Å². The van der Waals surface area contributed by atoms with Crippen molar-refractivity contribution in [3.8, 4) is 0 Å². The molecule has 1 amide bonds. The zero-order valence-electron chi connectivity index (χ0n) is 20.9. The van der Waals surface area contributed by atoms with E-state index in [4.69, 9.17) is 5.11 Å². The SMILES string of the molecule is Br.Cc1ccc(S(=O)(=O)N(C(=O)c2c3ccccc3nc3ccccc23)c2ccc(CCC(=O)O)cc2)cc1. The minimum Gasteiger partial charge on any atom is -0.481 e. The van der Waals surface area contributed by atoms with Gasteiger partial charge in [-0.1, -0.05) is 66.2 Å². The molecular formula is C30H25BrN2O5S. The van der Waals surface area contributed by atoms with E-state index < -0.39 is 21.9 Å². The fourth-order valence-corrected chi connectivity index (χ4v) is 5.80. The molecule has 0 atom stereocenters. The highest BCUT2D eigenvalue weighted by Crippen LogP contribution is 2.32. The number of sulfonamides is 1. The number of carboxylic acid groups (broad SMARTS) is 1. The van der Waals surface area contributed by atoms with Gasteiger partial charge < -0.3 is 5.11 Å². The number of nitrogens with zero attached hydrogens (tertiary/aromatic N) is 2. The molecule has 5 rings (SSSR count). The van der Waals surface area contributed by atoms with Crippen LogP contribution in [0.3, 0.4) is 0 Å². The summed E-state index contributed by atoms with van der Waals surface area (Å²) >= 11 is 0. The summed E-state index contributed by atoms with van der Waals surface area (Å²) in [6.07, 6.45) is 0.229. The van der Waals surface area contributed by atoms with Crippen LogP contribution in [0.2, 0.25) is 0 Å². The lowest BCUT2D eigenvalue weighted by atomic mass is 10.0. The first-order valence-electron chi connectivity index (χ1n) is 12.0. The molecule has 5 aromatic rings. The predicted octanol–water partition coefficient (Wildman–Crippen LogP) is 6.33. The van der Waals surface area contributed by atoms with E-state index in [0.29, 0.717) is 21.8 Å². The highest BCUT2D eigenvalue weighted by Gasteiger charge is 2.34. The second-order valence-electron chi connectivity index (χ2n) is 8.97. The Balaban J connectivity index is 0.00000353. The summed E-state index contributed by atoms with van der Waals surface area (Å²) in [6, 6.07) is 27.0. The second-order valence-corrected chi connectivity index (χ2v) is 10.8. The number of para-hydroxylation sites is 2. The van der Waals surface area contributed by atoms with Gasteiger partial charge in [0, 0.05) is 17.2 Å². The molecule has 39 heavy (non-hydrogen) atoms. The minimum atomic E-state index is -4.32. The lowest BCUT2D eigenvalue weighted by Gasteiger charge is -2.24. The number of halogens is 1. The maximum atomic E-state index is 14.4. The van der Waals surface area contributed by atoms with Crippen LogP contribution in [0.25, 0.3) is 21.8 Å². The summed E-state index contributed by atoms with van der Waals surface area (Å²) in [4.78, 5) is 30.0. The number of hydrogen-bond acceptors (Lipinski definition) is 5. The summed E-state index contributed by atoms with van der Waals surface area (Å²) in [7, 11) is -4.32. The highest BCUT2D eigenvalue weighted by atomic mass is 79.9. The van der Waals surface area contributed by atoms with Crippen LogP contribution in [0, 0.1) is 6.92 Å². The first-order valence-corrected chi connectivity index (χ1v) is 13.4. The van der Waals surface area contributed by atoms with Gasteiger partial charge in [-0.25, -0.2) is 13.4 Å². The molecule has 0 aliphatic rings. The van der Waals surface area contributed by atoms with Crippen molar-refractivity contribution in [1.82, 2.24) is 4.98 Å². The number of carbonyl (C=O) groups is 2. The lowest BCUT2D eigenvalue weighted by Crippen LogP contribution is -2.37. The molecule has 198 valence electrons. The number of pyridine rings is 1. The second kappa shape index (κ2) is 11.3. The summed E-state index contributed by atoms with van der Waals surface area (Å²) in [5.74, 6) is -1.64. The van der Waals surface area contributed by atoms with Crippen molar-refractivity contribution in [3.63, 3.8) is 0 Å². The van der Waals surface area contributed by atoms with Crippen molar-refractivity contribution in [3.05, 3.63) is 114 Å². The van der Waals surface area contributed by atoms with Gasteiger partial charge in [-0.15, -0.1) is 17.0 Å². The third-order valence-electron chi connectivity index (χ3n) is 6.34. The minimum absolute atomic E-state index is 0. The number of fused-ring (bicyclic) bond motifs is 2. The van der Waals surface area contributed by atoms with E-state index >= 15 is 0 Å². The van der Waals surface area contributed by atoms with Crippen LogP contribution in [-0.4, -0.2) is 30.4 Å². The molecule has 0 fully saturated rings. The maximum Gasteiger partial charge on any atom is 0.303 e. The van der Waals surface area contributed by atoms with E-state index in [0.717, 1.165) is 15.4 Å². The molecule has 9 heteroatoms. The van der Waals surface area contributed by atoms with Gasteiger partial charge in [-0.3, -0.25) is 9.59 Å². The lowest BCUT2D eigenvalue weighted by molar-refractivity contribution is -0.136. The standard InChI is InChI=1S/C30H24N2O5S.BrH/c1-20-10-17-23(18-11-20)38(36,37)32(22-15-12-21(13-16-22)14-19-28(33)34)30(35)29-24-6-2-4-8-26(24)31-27-9-5-3-7-25(27)29;/h2-13,15-18H,14,19H2,1H3,(H,33,34);1H. The van der Waals surface area contributed by atoms with Gasteiger partial charge in [0.25, 0.3) is 15.9 Å². The number of aryl methyl sites for hydroxylation is 2. The largest absolute Gasteiger partial charge is 0.481 e. The zero-order chi connectivity index (χ0) is 26.9. The monoisotopic (exact) mass is 604 g/mol. The maximum absolute atomic E-state index is 14.4. The molecule has 0 radical (unpaired) electrons. The van der Waals surface area contributed by atoms with Crippen molar-refractivity contribution < 1.29 is 23.1 Å². The Hall–Kier alpha value is -4.08. The molecule has 0 aliphatic heterocycles. The van der Waals surface area contributed by atoms with Crippen LogP contribution < -0.4 is 4.31 Å². The van der Waals surface area contributed by atoms with Crippen LogP contribution in [-0.2, 0) is 21.2 Å². The van der Waals surface area contributed by atoms with Gasteiger partial charge in [0.15, 0.2) is 0 Å². The average molecular weight is 606 g/mol. The van der Waals surface area contributed by atoms with Crippen LogP contribution in [0.1, 0.15) is 27.9 Å². The summed E-state index contributed by atoms with van der Waals surface area (Å²) in [5, 5.41) is 10.1. The van der Waals surface area contributed by atoms with E-state index in [-0.39, 0.29) is 46.0 Å². The van der Waals surface area contributed by atoms with E-state index in [9.17, 15) is 18.0 Å². The number of aromatic nitrogens is 1. The van der Waals surface area contributed by atoms with E-state index in [1.165, 1.54) is 24.3 Å². The first kappa shape index (κ1) is 27.9. The van der Waals surface area contributed by atoms with Crippen LogP contribution in [0.15, 0.2) is 102 Å². The zero-order valence-corrected chi connectivity index (χ0v) is 23.5. The van der Waals surface area contributed by atoms with Crippen molar-refractivity contribution in [2.24, 2.45) is 0 Å². The number of hydrogen-bond donors (Lipinski definition) is 1. The molecule has 0 unspecified atom stereocenters. The van der Waals surface area contributed by atoms with Crippen LogP contribution in [0.4, 0.5) is 5.69 Å². The van der Waals surface area contributed by atoms with Crippen LogP contribution >= 0.6 is 17.0 Å². The summed E-state index contributed by atoms with van der Waals surface area (Å²) in [6.45, 7) is 1.85. The Morgan fingerprint density at radius 2 is 1.33 bits per heavy atom. The molecule has 4 aromatic carbocycles. The molecule has 0 bridgehead atoms. The predicted molar refractivity (Wildman–Crippen MR) is 157 cm³/mol. The smallest absolute Gasteiger partial charge is 0.303 e. The Bertz CT molecular complexity index is 1730. The fourth-order valence-electron chi connectivity index (χ4n) is 4.40. The summed E-state index contributed by atoms with van der Waals surface area (Å²) in [5.41, 5.74) is 3.14. The van der Waals surface area contributed by atoms with Gasteiger partial charge in [-0.05, 0) is 55.3 Å². The van der Waals surface area contributed by atoms with Gasteiger partial charge in [0.05, 0.1) is 27.2 Å². The Morgan fingerprint density at radius 3 is 1.87 bits per heavy atom. The van der Waals surface area contributed by atoms with Crippen LogP contribution in [0.5, 0.6) is 0 Å². The molecule has 7 nitrogen and oxygen atoms in total. The molecule has 1 aromatic heterocycles. The highest BCUT2D eigenvalue weighted by molar-refractivity contribution is 8.93.